The molecule has 0 rings (SSSR count). The Kier molecular flexibility index (Phi) is 17.8. The summed E-state index contributed by atoms with van der Waals surface area (Å²) >= 11 is 1.82. The number of halogens is 1. The van der Waals surface area contributed by atoms with Gasteiger partial charge in [-0.3, -0.25) is 0 Å². The Morgan fingerprint density at radius 3 is 0.963 bits per heavy atom. The predicted molar refractivity (Wildman–Crippen MR) is 125 cm³/mol. The van der Waals surface area contributed by atoms with Crippen LogP contribution >= 0.6 is 25.5 Å². The molecule has 0 fully saturated rings. The molecule has 0 heterocycles. The van der Waals surface area contributed by atoms with E-state index in [0.717, 1.165) is 0 Å². The zero-order valence-electron chi connectivity index (χ0n) is 19.9. The number of rotatable bonds is 6. The molecule has 0 aromatic rings. The van der Waals surface area contributed by atoms with Crippen molar-refractivity contribution in [1.82, 2.24) is 5.32 Å². The average molecular weight is 526 g/mol. The fourth-order valence-corrected chi connectivity index (χ4v) is 11.3. The predicted octanol–water partition coefficient (Wildman–Crippen LogP) is 7.38. The summed E-state index contributed by atoms with van der Waals surface area (Å²) in [5.74, 6) is 0. The number of hydrogen-bond donors (Lipinski definition) is 1. The van der Waals surface area contributed by atoms with E-state index in [1.54, 1.807) is 0 Å². The molecular weight excluding hydrogens is 481 g/mol. The topological polar surface area (TPSA) is 31.9 Å². The maximum atomic E-state index is 7.50. The first-order chi connectivity index (χ1) is 12.0. The summed E-state index contributed by atoms with van der Waals surface area (Å²) in [6, 6.07) is 0. The molecule has 1 N–H and O–H groups in total. The minimum atomic E-state index is 0.0229. The van der Waals surface area contributed by atoms with Crippen molar-refractivity contribution < 1.29 is 22.0 Å². The van der Waals surface area contributed by atoms with Gasteiger partial charge in [-0.2, -0.15) is 0 Å². The van der Waals surface area contributed by atoms with E-state index in [4.69, 9.17) is 4.65 Å². The van der Waals surface area contributed by atoms with Gasteiger partial charge in [-0.1, -0.05) is 98.9 Å². The second kappa shape index (κ2) is 14.5. The quantitative estimate of drug-likeness (QED) is 0.127. The summed E-state index contributed by atoms with van der Waals surface area (Å²) in [4.78, 5) is 0. The standard InChI is InChI=1S/C20H45NP2.CO.ClH.Ru/c1-17(2,3)22(18(4,5)6)15-13-21-14-16-23(19(7,8)9)20(10,11)12;1-2;;/h21H,13-16H2,1-12H3;;1H;/q;;;+1/p-1. The van der Waals surface area contributed by atoms with Gasteiger partial charge in [-0.25, -0.2) is 0 Å². The first-order valence-corrected chi connectivity index (χ1v) is 14.9. The van der Waals surface area contributed by atoms with Gasteiger partial charge in [0, 0.05) is 0 Å². The summed E-state index contributed by atoms with van der Waals surface area (Å²) in [7, 11) is 4.61. The van der Waals surface area contributed by atoms with Crippen LogP contribution in [0, 0.1) is 6.65 Å². The van der Waals surface area contributed by atoms with E-state index in [0.29, 0.717) is 20.6 Å². The average Bonchev–Trinajstić information content (AvgIpc) is 2.45. The molecule has 0 bridgehead atoms. The van der Waals surface area contributed by atoms with E-state index in [-0.39, 0.29) is 15.8 Å². The summed E-state index contributed by atoms with van der Waals surface area (Å²) < 4.78 is 7.50. The van der Waals surface area contributed by atoms with Crippen LogP contribution in [0.3, 0.4) is 0 Å². The molecule has 27 heavy (non-hydrogen) atoms. The first-order valence-electron chi connectivity index (χ1n) is 9.57. The van der Waals surface area contributed by atoms with Gasteiger partial charge in [0.15, 0.2) is 0 Å². The molecule has 0 aromatic heterocycles. The Morgan fingerprint density at radius 2 is 0.815 bits per heavy atom. The van der Waals surface area contributed by atoms with E-state index in [2.05, 4.69) is 105 Å². The third kappa shape index (κ3) is 15.9. The van der Waals surface area contributed by atoms with E-state index in [1.165, 1.54) is 25.4 Å². The molecule has 6 heteroatoms. The van der Waals surface area contributed by atoms with Gasteiger partial charge in [-0.15, -0.1) is 0 Å². The van der Waals surface area contributed by atoms with Crippen molar-refractivity contribution in [3.63, 3.8) is 0 Å². The summed E-state index contributed by atoms with van der Waals surface area (Å²) in [6.45, 7) is 35.9. The van der Waals surface area contributed by atoms with Crippen molar-refractivity contribution in [1.29, 1.82) is 0 Å². The van der Waals surface area contributed by atoms with Crippen LogP contribution in [-0.2, 0) is 22.0 Å². The minimum absolute atomic E-state index is 0.0229. The van der Waals surface area contributed by atoms with Crippen LogP contribution in [0.4, 0.5) is 0 Å². The van der Waals surface area contributed by atoms with Crippen LogP contribution in [0.25, 0.3) is 0 Å². The fourth-order valence-electron chi connectivity index (χ4n) is 3.86. The number of nitrogens with one attached hydrogen (secondary N) is 1. The molecule has 0 aliphatic heterocycles. The molecule has 0 unspecified atom stereocenters. The molecule has 0 aliphatic carbocycles. The fraction of sp³-hybridized carbons (Fsp3) is 0.952. The number of hydrogen-bond acceptors (Lipinski definition) is 1. The molecule has 0 aliphatic rings. The van der Waals surface area contributed by atoms with Gasteiger partial charge < -0.3 is 5.32 Å². The van der Waals surface area contributed by atoms with Crippen LogP contribution in [0.1, 0.15) is 83.1 Å². The van der Waals surface area contributed by atoms with Crippen molar-refractivity contribution >= 4 is 25.5 Å². The zero-order valence-corrected chi connectivity index (χ0v) is 24.1. The third-order valence-corrected chi connectivity index (χ3v) is 12.1. The van der Waals surface area contributed by atoms with Gasteiger partial charge >= 0.3 is 38.3 Å². The third-order valence-electron chi connectivity index (χ3n) is 4.26. The van der Waals surface area contributed by atoms with Crippen molar-refractivity contribution in [2.75, 3.05) is 25.4 Å². The molecule has 0 saturated carbocycles. The molecule has 2 nitrogen and oxygen atoms in total. The van der Waals surface area contributed by atoms with Crippen molar-refractivity contribution in [2.24, 2.45) is 0 Å². The monoisotopic (exact) mass is 526 g/mol. The molecule has 0 aromatic carbocycles. The first kappa shape index (κ1) is 33.1. The SMILES string of the molecule is CC(C)(C)P(CCNCCP(C(C)(C)C)C(C)(C)C)C(C)(C)C.[C-]#[O+].[Cl][Ru]. The van der Waals surface area contributed by atoms with E-state index >= 15 is 0 Å². The molecule has 0 saturated heterocycles. The van der Waals surface area contributed by atoms with Gasteiger partial charge in [-0.05, 0) is 46.0 Å². The second-order valence-electron chi connectivity index (χ2n) is 10.7. The van der Waals surface area contributed by atoms with E-state index in [9.17, 15) is 0 Å². The summed E-state index contributed by atoms with van der Waals surface area (Å²) in [6.07, 6.45) is 2.68. The van der Waals surface area contributed by atoms with Crippen LogP contribution in [0.2, 0.25) is 0 Å². The molecule has 0 amide bonds. The van der Waals surface area contributed by atoms with Crippen molar-refractivity contribution in [3.8, 4) is 0 Å². The second-order valence-corrected chi connectivity index (χ2v) is 18.7. The molecule has 165 valence electrons. The maximum absolute atomic E-state index is 7.50. The Hall–Kier alpha value is 1.47. The summed E-state index contributed by atoms with van der Waals surface area (Å²) in [5.41, 5.74) is 0. The zero-order chi connectivity index (χ0) is 22.7. The van der Waals surface area contributed by atoms with E-state index in [1.807, 2.05) is 17.3 Å². The molecular formula is C21H45ClNOP2Ru. The van der Waals surface area contributed by atoms with Crippen LogP contribution in [0.15, 0.2) is 0 Å². The van der Waals surface area contributed by atoms with Crippen LogP contribution in [-0.4, -0.2) is 46.0 Å². The Labute approximate surface area is 188 Å². The van der Waals surface area contributed by atoms with Gasteiger partial charge in [0.25, 0.3) is 0 Å². The van der Waals surface area contributed by atoms with E-state index < -0.39 is 0 Å². The molecule has 0 spiro atoms. The summed E-state index contributed by atoms with van der Waals surface area (Å²) in [5, 5.41) is 5.54. The molecule has 0 atom stereocenters. The Morgan fingerprint density at radius 1 is 0.630 bits per heavy atom. The Bertz CT molecular complexity index is 328. The normalized spacial score (nSPS) is 13.0. The van der Waals surface area contributed by atoms with Crippen molar-refractivity contribution in [3.05, 3.63) is 6.65 Å². The van der Waals surface area contributed by atoms with Crippen LogP contribution < -0.4 is 5.32 Å². The van der Waals surface area contributed by atoms with Gasteiger partial charge in [0.05, 0.1) is 0 Å². The van der Waals surface area contributed by atoms with Gasteiger partial charge in [0.1, 0.15) is 0 Å². The van der Waals surface area contributed by atoms with Crippen LogP contribution in [0.5, 0.6) is 0 Å². The Balaban J connectivity index is -0.00000134. The van der Waals surface area contributed by atoms with Crippen molar-refractivity contribution in [2.45, 2.75) is 104 Å². The molecule has 0 radical (unpaired) electrons. The van der Waals surface area contributed by atoms with Gasteiger partial charge in [0.2, 0.25) is 0 Å².